The average molecular weight is 377 g/mol. The summed E-state index contributed by atoms with van der Waals surface area (Å²) in [7, 11) is 0. The fourth-order valence-electron chi connectivity index (χ4n) is 3.40. The molecule has 0 spiro atoms. The summed E-state index contributed by atoms with van der Waals surface area (Å²) in [4.78, 5) is 29.1. The van der Waals surface area contributed by atoms with Gasteiger partial charge in [0.15, 0.2) is 0 Å². The van der Waals surface area contributed by atoms with Crippen LogP contribution in [0.1, 0.15) is 65.4 Å². The summed E-state index contributed by atoms with van der Waals surface area (Å²) in [6.07, 6.45) is 10.3. The van der Waals surface area contributed by atoms with Gasteiger partial charge < -0.3 is 10.6 Å². The summed E-state index contributed by atoms with van der Waals surface area (Å²) >= 11 is 0. The summed E-state index contributed by atoms with van der Waals surface area (Å²) in [5.41, 5.74) is 3.95. The topological polar surface area (TPSA) is 71.1 Å². The molecule has 1 aliphatic rings. The van der Waals surface area contributed by atoms with Crippen molar-refractivity contribution in [2.24, 2.45) is 0 Å². The van der Waals surface area contributed by atoms with E-state index in [2.05, 4.69) is 21.7 Å². The maximum Gasteiger partial charge on any atom is 0.269 e. The molecule has 0 aliphatic heterocycles. The molecule has 5 heteroatoms. The summed E-state index contributed by atoms with van der Waals surface area (Å²) in [6, 6.07) is 10.9. The first-order valence-electron chi connectivity index (χ1n) is 9.99. The number of nitrogens with zero attached hydrogens (tertiary/aromatic N) is 1. The summed E-state index contributed by atoms with van der Waals surface area (Å²) in [5, 5.41) is 5.83. The molecule has 2 aromatic rings. The fraction of sp³-hybridized carbons (Fsp3) is 0.348. The molecule has 2 N–H and O–H groups in total. The first-order chi connectivity index (χ1) is 13.7. The van der Waals surface area contributed by atoms with Gasteiger partial charge in [-0.15, -0.1) is 0 Å². The molecule has 0 saturated carbocycles. The van der Waals surface area contributed by atoms with Crippen molar-refractivity contribution in [1.29, 1.82) is 0 Å². The highest BCUT2D eigenvalue weighted by Crippen LogP contribution is 2.19. The second-order valence-corrected chi connectivity index (χ2v) is 7.01. The molecule has 28 heavy (non-hydrogen) atoms. The molecule has 0 unspecified atom stereocenters. The van der Waals surface area contributed by atoms with Crippen molar-refractivity contribution in [2.75, 3.05) is 11.9 Å². The second-order valence-electron chi connectivity index (χ2n) is 7.01. The number of anilines is 1. The Bertz CT molecular complexity index is 874. The lowest BCUT2D eigenvalue weighted by Crippen LogP contribution is -2.26. The van der Waals surface area contributed by atoms with Gasteiger partial charge in [0.1, 0.15) is 5.69 Å². The molecule has 146 valence electrons. The zero-order chi connectivity index (χ0) is 19.8. The number of allylic oxidation sites excluding steroid dienone is 1. The number of pyridine rings is 1. The number of hydrogen-bond acceptors (Lipinski definition) is 3. The number of aryl methyl sites for hydroxylation is 1. The van der Waals surface area contributed by atoms with Gasteiger partial charge in [-0.25, -0.2) is 0 Å². The number of hydrogen-bond donors (Lipinski definition) is 2. The van der Waals surface area contributed by atoms with Crippen LogP contribution < -0.4 is 10.6 Å². The number of para-hydroxylation sites is 1. The zero-order valence-corrected chi connectivity index (χ0v) is 16.3. The van der Waals surface area contributed by atoms with E-state index in [1.165, 1.54) is 24.6 Å². The van der Waals surface area contributed by atoms with Crippen molar-refractivity contribution >= 4 is 17.5 Å². The van der Waals surface area contributed by atoms with Crippen LogP contribution in [0.25, 0.3) is 0 Å². The smallest absolute Gasteiger partial charge is 0.269 e. The normalized spacial score (nSPS) is 13.5. The van der Waals surface area contributed by atoms with Crippen LogP contribution in [-0.4, -0.2) is 23.3 Å². The Labute approximate surface area is 166 Å². The molecule has 0 atom stereocenters. The highest BCUT2D eigenvalue weighted by atomic mass is 16.2. The monoisotopic (exact) mass is 377 g/mol. The van der Waals surface area contributed by atoms with Crippen molar-refractivity contribution in [3.63, 3.8) is 0 Å². The van der Waals surface area contributed by atoms with E-state index < -0.39 is 0 Å². The number of aromatic nitrogens is 1. The molecule has 1 aromatic carbocycles. The lowest BCUT2D eigenvalue weighted by atomic mass is 9.97. The molecule has 0 fully saturated rings. The molecule has 0 saturated heterocycles. The van der Waals surface area contributed by atoms with Crippen molar-refractivity contribution in [1.82, 2.24) is 10.3 Å². The number of carbonyl (C=O) groups is 2. The molecule has 1 aliphatic carbocycles. The van der Waals surface area contributed by atoms with Crippen LogP contribution in [0.4, 0.5) is 5.69 Å². The third-order valence-electron chi connectivity index (χ3n) is 5.02. The van der Waals surface area contributed by atoms with Crippen molar-refractivity contribution in [2.45, 2.75) is 45.4 Å². The van der Waals surface area contributed by atoms with Crippen LogP contribution >= 0.6 is 0 Å². The summed E-state index contributed by atoms with van der Waals surface area (Å²) in [5.74, 6) is -0.496. The lowest BCUT2D eigenvalue weighted by molar-refractivity contribution is 0.0949. The molecule has 1 aromatic heterocycles. The zero-order valence-electron chi connectivity index (χ0n) is 16.3. The van der Waals surface area contributed by atoms with Crippen molar-refractivity contribution in [3.8, 4) is 0 Å². The van der Waals surface area contributed by atoms with E-state index in [9.17, 15) is 9.59 Å². The Hall–Kier alpha value is -2.95. The van der Waals surface area contributed by atoms with E-state index in [4.69, 9.17) is 0 Å². The Balaban J connectivity index is 1.60. The van der Waals surface area contributed by atoms with E-state index in [-0.39, 0.29) is 17.5 Å². The Morgan fingerprint density at radius 3 is 2.75 bits per heavy atom. The third kappa shape index (κ3) is 5.28. The number of rotatable bonds is 7. The highest BCUT2D eigenvalue weighted by Gasteiger charge is 2.13. The van der Waals surface area contributed by atoms with Gasteiger partial charge in [0.2, 0.25) is 0 Å². The minimum atomic E-state index is -0.250. The SMILES string of the molecule is CCc1ccccc1NC(=O)c1ccnc(C(=O)NCCC2=CCCCC2)c1. The highest BCUT2D eigenvalue weighted by molar-refractivity contribution is 6.06. The molecule has 2 amide bonds. The van der Waals surface area contributed by atoms with E-state index in [1.54, 1.807) is 12.1 Å². The van der Waals surface area contributed by atoms with Gasteiger partial charge >= 0.3 is 0 Å². The lowest BCUT2D eigenvalue weighted by Gasteiger charge is -2.13. The predicted octanol–water partition coefficient (Wildman–Crippen LogP) is 4.52. The minimum Gasteiger partial charge on any atom is -0.350 e. The molecular weight excluding hydrogens is 350 g/mol. The van der Waals surface area contributed by atoms with Crippen LogP contribution in [0.5, 0.6) is 0 Å². The Morgan fingerprint density at radius 1 is 1.11 bits per heavy atom. The Morgan fingerprint density at radius 2 is 1.96 bits per heavy atom. The van der Waals surface area contributed by atoms with Gasteiger partial charge in [-0.05, 0) is 62.3 Å². The molecular formula is C23H27N3O2. The van der Waals surface area contributed by atoms with E-state index in [0.29, 0.717) is 12.1 Å². The van der Waals surface area contributed by atoms with E-state index >= 15 is 0 Å². The van der Waals surface area contributed by atoms with Gasteiger partial charge in [0, 0.05) is 24.0 Å². The van der Waals surface area contributed by atoms with E-state index in [0.717, 1.165) is 36.9 Å². The van der Waals surface area contributed by atoms with Crippen LogP contribution in [0, 0.1) is 0 Å². The Kier molecular flexibility index (Phi) is 6.95. The first-order valence-corrected chi connectivity index (χ1v) is 9.99. The van der Waals surface area contributed by atoms with Crippen LogP contribution in [0.15, 0.2) is 54.2 Å². The average Bonchev–Trinajstić information content (AvgIpc) is 2.75. The van der Waals surface area contributed by atoms with Crippen molar-refractivity contribution < 1.29 is 9.59 Å². The van der Waals surface area contributed by atoms with Gasteiger partial charge in [-0.3, -0.25) is 14.6 Å². The van der Waals surface area contributed by atoms with Crippen LogP contribution in [0.3, 0.4) is 0 Å². The number of amides is 2. The van der Waals surface area contributed by atoms with E-state index in [1.807, 2.05) is 31.2 Å². The number of benzene rings is 1. The third-order valence-corrected chi connectivity index (χ3v) is 5.02. The summed E-state index contributed by atoms with van der Waals surface area (Å²) in [6.45, 7) is 2.63. The molecule has 3 rings (SSSR count). The van der Waals surface area contributed by atoms with Gasteiger partial charge in [0.25, 0.3) is 11.8 Å². The quantitative estimate of drug-likeness (QED) is 0.697. The standard InChI is InChI=1S/C23H27N3O2/c1-2-18-10-6-7-11-20(18)26-22(27)19-13-15-24-21(16-19)23(28)25-14-12-17-8-4-3-5-9-17/h6-8,10-11,13,15-16H,2-5,9,12,14H2,1H3,(H,25,28)(H,26,27). The van der Waals surface area contributed by atoms with Crippen molar-refractivity contribution in [3.05, 3.63) is 71.1 Å². The predicted molar refractivity (Wildman–Crippen MR) is 112 cm³/mol. The largest absolute Gasteiger partial charge is 0.350 e. The minimum absolute atomic E-state index is 0.246. The van der Waals surface area contributed by atoms with Gasteiger partial charge in [0.05, 0.1) is 0 Å². The second kappa shape index (κ2) is 9.83. The molecule has 0 radical (unpaired) electrons. The first kappa shape index (κ1) is 19.8. The van der Waals surface area contributed by atoms with Crippen LogP contribution in [0.2, 0.25) is 0 Å². The summed E-state index contributed by atoms with van der Waals surface area (Å²) < 4.78 is 0. The fourth-order valence-corrected chi connectivity index (χ4v) is 3.40. The number of carbonyl (C=O) groups excluding carboxylic acids is 2. The molecule has 1 heterocycles. The molecule has 5 nitrogen and oxygen atoms in total. The molecule has 0 bridgehead atoms. The van der Waals surface area contributed by atoms with Gasteiger partial charge in [-0.1, -0.05) is 36.8 Å². The van der Waals surface area contributed by atoms with Crippen LogP contribution in [-0.2, 0) is 6.42 Å². The van der Waals surface area contributed by atoms with Gasteiger partial charge in [-0.2, -0.15) is 0 Å². The number of nitrogens with one attached hydrogen (secondary N) is 2. The maximum absolute atomic E-state index is 12.6. The maximum atomic E-state index is 12.6.